The molecule has 0 aliphatic heterocycles. The summed E-state index contributed by atoms with van der Waals surface area (Å²) >= 11 is 5.51. The Labute approximate surface area is 77.3 Å². The topological polar surface area (TPSA) is 0 Å². The highest BCUT2D eigenvalue weighted by molar-refractivity contribution is 9.09. The van der Waals surface area contributed by atoms with Crippen LogP contribution in [-0.4, -0.2) is 16.8 Å². The molecule has 0 saturated carbocycles. The van der Waals surface area contributed by atoms with Crippen LogP contribution in [0.1, 0.15) is 32.6 Å². The first-order chi connectivity index (χ1) is 4.91. The van der Waals surface area contributed by atoms with Crippen molar-refractivity contribution in [2.45, 2.75) is 32.6 Å². The van der Waals surface area contributed by atoms with Crippen LogP contribution in [0.3, 0.4) is 0 Å². The molecule has 0 amide bonds. The molecule has 0 spiro atoms. The average molecular weight is 225 g/mol. The fourth-order valence-corrected chi connectivity index (χ4v) is 2.33. The van der Waals surface area contributed by atoms with Crippen molar-refractivity contribution in [3.8, 4) is 0 Å². The zero-order valence-electron chi connectivity index (χ0n) is 6.74. The molecule has 0 bridgehead atoms. The SMILES string of the molecule is CCCCCSCCCBr. The first kappa shape index (κ1) is 10.8. The van der Waals surface area contributed by atoms with Crippen molar-refractivity contribution in [2.24, 2.45) is 0 Å². The first-order valence-electron chi connectivity index (χ1n) is 4.05. The Morgan fingerprint density at radius 3 is 2.40 bits per heavy atom. The van der Waals surface area contributed by atoms with E-state index in [-0.39, 0.29) is 0 Å². The van der Waals surface area contributed by atoms with Gasteiger partial charge in [0.2, 0.25) is 0 Å². The molecule has 0 fully saturated rings. The fraction of sp³-hybridized carbons (Fsp3) is 1.00. The summed E-state index contributed by atoms with van der Waals surface area (Å²) in [6.07, 6.45) is 5.47. The number of rotatable bonds is 7. The summed E-state index contributed by atoms with van der Waals surface area (Å²) in [6, 6.07) is 0. The lowest BCUT2D eigenvalue weighted by Crippen LogP contribution is -1.84. The van der Waals surface area contributed by atoms with Crippen LogP contribution in [0.2, 0.25) is 0 Å². The van der Waals surface area contributed by atoms with Gasteiger partial charge in [0.15, 0.2) is 0 Å². The minimum atomic E-state index is 1.16. The van der Waals surface area contributed by atoms with Crippen LogP contribution in [0.5, 0.6) is 0 Å². The molecule has 0 saturated heterocycles. The molecular formula is C8H17BrS. The van der Waals surface area contributed by atoms with Crippen molar-refractivity contribution in [2.75, 3.05) is 16.8 Å². The summed E-state index contributed by atoms with van der Waals surface area (Å²) in [5.41, 5.74) is 0. The molecule has 0 aromatic rings. The summed E-state index contributed by atoms with van der Waals surface area (Å²) in [5.74, 6) is 2.69. The highest BCUT2D eigenvalue weighted by Gasteiger charge is 1.87. The monoisotopic (exact) mass is 224 g/mol. The van der Waals surface area contributed by atoms with Crippen molar-refractivity contribution in [1.29, 1.82) is 0 Å². The van der Waals surface area contributed by atoms with E-state index in [9.17, 15) is 0 Å². The zero-order valence-corrected chi connectivity index (χ0v) is 9.14. The maximum atomic E-state index is 3.42. The van der Waals surface area contributed by atoms with Crippen LogP contribution in [0.4, 0.5) is 0 Å². The van der Waals surface area contributed by atoms with Gasteiger partial charge in [0.1, 0.15) is 0 Å². The maximum absolute atomic E-state index is 3.42. The Morgan fingerprint density at radius 2 is 1.80 bits per heavy atom. The second kappa shape index (κ2) is 9.83. The molecule has 0 aliphatic rings. The van der Waals surface area contributed by atoms with E-state index < -0.39 is 0 Å². The largest absolute Gasteiger partial charge is 0.162 e. The van der Waals surface area contributed by atoms with Crippen LogP contribution < -0.4 is 0 Å². The quantitative estimate of drug-likeness (QED) is 0.470. The predicted molar refractivity (Wildman–Crippen MR) is 55.3 cm³/mol. The average Bonchev–Trinajstić information content (AvgIpc) is 1.97. The molecule has 0 nitrogen and oxygen atoms in total. The Balaban J connectivity index is 2.65. The number of thioether (sulfide) groups is 1. The van der Waals surface area contributed by atoms with E-state index in [2.05, 4.69) is 34.6 Å². The fourth-order valence-electron chi connectivity index (χ4n) is 0.713. The standard InChI is InChI=1S/C8H17BrS/c1-2-3-4-7-10-8-5-6-9/h2-8H2,1H3. The van der Waals surface area contributed by atoms with Crippen molar-refractivity contribution >= 4 is 27.7 Å². The smallest absolute Gasteiger partial charge is 0.00391 e. The summed E-state index contributed by atoms with van der Waals surface area (Å²) in [4.78, 5) is 0. The van der Waals surface area contributed by atoms with E-state index in [0.717, 1.165) is 5.33 Å². The lowest BCUT2D eigenvalue weighted by molar-refractivity contribution is 0.778. The zero-order chi connectivity index (χ0) is 7.66. The molecule has 0 aliphatic carbocycles. The third-order valence-corrected chi connectivity index (χ3v) is 3.03. The number of hydrogen-bond acceptors (Lipinski definition) is 1. The number of unbranched alkanes of at least 4 members (excludes halogenated alkanes) is 2. The minimum absolute atomic E-state index is 1.16. The molecule has 0 radical (unpaired) electrons. The van der Waals surface area contributed by atoms with Crippen molar-refractivity contribution in [3.05, 3.63) is 0 Å². The highest BCUT2D eigenvalue weighted by Crippen LogP contribution is 2.07. The molecule has 0 rings (SSSR count). The molecule has 0 aromatic carbocycles. The maximum Gasteiger partial charge on any atom is 0.00391 e. The van der Waals surface area contributed by atoms with Crippen LogP contribution in [0, 0.1) is 0 Å². The summed E-state index contributed by atoms with van der Waals surface area (Å²) in [6.45, 7) is 2.25. The van der Waals surface area contributed by atoms with Gasteiger partial charge in [-0.2, -0.15) is 11.8 Å². The highest BCUT2D eigenvalue weighted by atomic mass is 79.9. The van der Waals surface area contributed by atoms with Crippen LogP contribution in [0.25, 0.3) is 0 Å². The molecule has 0 unspecified atom stereocenters. The van der Waals surface area contributed by atoms with Gasteiger partial charge in [-0.1, -0.05) is 35.7 Å². The van der Waals surface area contributed by atoms with E-state index in [1.54, 1.807) is 0 Å². The van der Waals surface area contributed by atoms with Crippen molar-refractivity contribution in [3.63, 3.8) is 0 Å². The second-order valence-electron chi connectivity index (χ2n) is 2.36. The second-order valence-corrected chi connectivity index (χ2v) is 4.38. The molecule has 62 valence electrons. The van der Waals surface area contributed by atoms with Gasteiger partial charge in [0.05, 0.1) is 0 Å². The lowest BCUT2D eigenvalue weighted by atomic mass is 10.3. The molecule has 10 heavy (non-hydrogen) atoms. The molecule has 0 heterocycles. The normalized spacial score (nSPS) is 10.2. The summed E-state index contributed by atoms with van der Waals surface area (Å²) in [5, 5.41) is 1.16. The van der Waals surface area contributed by atoms with Gasteiger partial charge in [0, 0.05) is 5.33 Å². The van der Waals surface area contributed by atoms with E-state index in [4.69, 9.17) is 0 Å². The van der Waals surface area contributed by atoms with Gasteiger partial charge in [0.25, 0.3) is 0 Å². The third-order valence-electron chi connectivity index (χ3n) is 1.31. The van der Waals surface area contributed by atoms with E-state index >= 15 is 0 Å². The van der Waals surface area contributed by atoms with Crippen LogP contribution in [-0.2, 0) is 0 Å². The van der Waals surface area contributed by atoms with Gasteiger partial charge in [-0.05, 0) is 24.3 Å². The Kier molecular flexibility index (Phi) is 10.6. The molecular weight excluding hydrogens is 208 g/mol. The first-order valence-corrected chi connectivity index (χ1v) is 6.33. The van der Waals surface area contributed by atoms with Gasteiger partial charge in [-0.3, -0.25) is 0 Å². The van der Waals surface area contributed by atoms with Crippen molar-refractivity contribution < 1.29 is 0 Å². The Morgan fingerprint density at radius 1 is 1.10 bits per heavy atom. The van der Waals surface area contributed by atoms with Crippen LogP contribution in [0.15, 0.2) is 0 Å². The van der Waals surface area contributed by atoms with E-state index in [1.807, 2.05) is 0 Å². The molecule has 0 N–H and O–H groups in total. The van der Waals surface area contributed by atoms with E-state index in [0.29, 0.717) is 0 Å². The lowest BCUT2D eigenvalue weighted by Gasteiger charge is -1.97. The van der Waals surface area contributed by atoms with Gasteiger partial charge in [-0.25, -0.2) is 0 Å². The number of halogens is 1. The van der Waals surface area contributed by atoms with E-state index in [1.165, 1.54) is 37.2 Å². The molecule has 2 heteroatoms. The summed E-state index contributed by atoms with van der Waals surface area (Å²) < 4.78 is 0. The van der Waals surface area contributed by atoms with Gasteiger partial charge >= 0.3 is 0 Å². The molecule has 0 aromatic heterocycles. The minimum Gasteiger partial charge on any atom is -0.162 e. The molecule has 0 atom stereocenters. The number of hydrogen-bond donors (Lipinski definition) is 0. The Bertz CT molecular complexity index is 49.2. The van der Waals surface area contributed by atoms with Gasteiger partial charge in [-0.15, -0.1) is 0 Å². The Hall–Kier alpha value is 0.830. The van der Waals surface area contributed by atoms with Gasteiger partial charge < -0.3 is 0 Å². The third kappa shape index (κ3) is 8.83. The van der Waals surface area contributed by atoms with Crippen LogP contribution >= 0.6 is 27.7 Å². The van der Waals surface area contributed by atoms with Crippen molar-refractivity contribution in [1.82, 2.24) is 0 Å². The summed E-state index contributed by atoms with van der Waals surface area (Å²) in [7, 11) is 0. The number of alkyl halides is 1. The predicted octanol–water partition coefficient (Wildman–Crippen LogP) is 3.69.